The predicted octanol–water partition coefficient (Wildman–Crippen LogP) is 2.88. The average molecular weight is 257 g/mol. The third kappa shape index (κ3) is 4.17. The monoisotopic (exact) mass is 257 g/mol. The lowest BCUT2D eigenvalue weighted by atomic mass is 9.88. The highest BCUT2D eigenvalue weighted by atomic mass is 16.6. The summed E-state index contributed by atoms with van der Waals surface area (Å²) in [6, 6.07) is 9.76. The maximum atomic E-state index is 11.5. The van der Waals surface area contributed by atoms with Gasteiger partial charge >= 0.3 is 0 Å². The SMILES string of the molecule is O=C1C=C(/C=C/c2ccccc2)C[C@@H](C[N+](=O)[O-])C1. The molecule has 1 aliphatic rings. The molecule has 0 amide bonds. The lowest BCUT2D eigenvalue weighted by Crippen LogP contribution is -2.21. The van der Waals surface area contributed by atoms with E-state index >= 15 is 0 Å². The largest absolute Gasteiger partial charge is 0.295 e. The van der Waals surface area contributed by atoms with E-state index in [4.69, 9.17) is 0 Å². The van der Waals surface area contributed by atoms with Crippen molar-refractivity contribution in [3.8, 4) is 0 Å². The molecule has 0 aromatic heterocycles. The topological polar surface area (TPSA) is 60.2 Å². The molecule has 1 aromatic rings. The van der Waals surface area contributed by atoms with Gasteiger partial charge < -0.3 is 0 Å². The molecule has 0 aliphatic heterocycles. The summed E-state index contributed by atoms with van der Waals surface area (Å²) in [5, 5.41) is 10.5. The number of rotatable bonds is 4. The Hall–Kier alpha value is -2.23. The molecular formula is C15H15NO3. The fraction of sp³-hybridized carbons (Fsp3) is 0.267. The molecule has 0 saturated heterocycles. The number of carbonyl (C=O) groups is 1. The highest BCUT2D eigenvalue weighted by Crippen LogP contribution is 2.23. The first-order valence-electron chi connectivity index (χ1n) is 6.22. The van der Waals surface area contributed by atoms with Gasteiger partial charge in [0.1, 0.15) is 0 Å². The van der Waals surface area contributed by atoms with Gasteiger partial charge in [0.15, 0.2) is 5.78 Å². The number of nitro groups is 1. The normalized spacial score (nSPS) is 19.5. The van der Waals surface area contributed by atoms with Gasteiger partial charge in [-0.2, -0.15) is 0 Å². The van der Waals surface area contributed by atoms with Gasteiger partial charge in [0.05, 0.1) is 0 Å². The van der Waals surface area contributed by atoms with Crippen molar-refractivity contribution < 1.29 is 9.72 Å². The first-order chi connectivity index (χ1) is 9.13. The van der Waals surface area contributed by atoms with Gasteiger partial charge in [0.2, 0.25) is 6.54 Å². The van der Waals surface area contributed by atoms with Gasteiger partial charge in [-0.3, -0.25) is 14.9 Å². The molecular weight excluding hydrogens is 242 g/mol. The van der Waals surface area contributed by atoms with Gasteiger partial charge in [-0.05, 0) is 23.6 Å². The molecule has 0 heterocycles. The Morgan fingerprint density at radius 2 is 1.95 bits per heavy atom. The molecule has 0 bridgehead atoms. The van der Waals surface area contributed by atoms with E-state index in [1.165, 1.54) is 0 Å². The van der Waals surface area contributed by atoms with Crippen LogP contribution in [0.15, 0.2) is 48.1 Å². The van der Waals surface area contributed by atoms with E-state index in [1.807, 2.05) is 42.5 Å². The summed E-state index contributed by atoms with van der Waals surface area (Å²) in [6.07, 6.45) is 6.27. The maximum absolute atomic E-state index is 11.5. The number of hydrogen-bond acceptors (Lipinski definition) is 3. The lowest BCUT2D eigenvalue weighted by molar-refractivity contribution is -0.488. The lowest BCUT2D eigenvalue weighted by Gasteiger charge is -2.16. The van der Waals surface area contributed by atoms with E-state index in [2.05, 4.69) is 0 Å². The number of ketones is 1. The molecule has 98 valence electrons. The number of carbonyl (C=O) groups excluding carboxylic acids is 1. The molecule has 1 atom stereocenters. The van der Waals surface area contributed by atoms with Crippen molar-refractivity contribution >= 4 is 11.9 Å². The van der Waals surface area contributed by atoms with Crippen LogP contribution in [-0.4, -0.2) is 17.3 Å². The summed E-state index contributed by atoms with van der Waals surface area (Å²) in [6.45, 7) is -0.137. The van der Waals surface area contributed by atoms with Crippen LogP contribution in [0.1, 0.15) is 18.4 Å². The third-order valence-electron chi connectivity index (χ3n) is 3.06. The Bertz CT molecular complexity index is 532. The van der Waals surface area contributed by atoms with E-state index in [0.29, 0.717) is 6.42 Å². The van der Waals surface area contributed by atoms with Crippen LogP contribution in [0.4, 0.5) is 0 Å². The Balaban J connectivity index is 2.05. The van der Waals surface area contributed by atoms with E-state index in [1.54, 1.807) is 6.08 Å². The van der Waals surface area contributed by atoms with Crippen molar-refractivity contribution in [1.82, 2.24) is 0 Å². The third-order valence-corrected chi connectivity index (χ3v) is 3.06. The summed E-state index contributed by atoms with van der Waals surface area (Å²) < 4.78 is 0. The van der Waals surface area contributed by atoms with Crippen LogP contribution in [0, 0.1) is 16.0 Å². The maximum Gasteiger partial charge on any atom is 0.207 e. The standard InChI is InChI=1S/C15H15NO3/c17-15-9-13(8-14(10-15)11-16(18)19)7-6-12-4-2-1-3-5-12/h1-7,9,14H,8,10-11H2/b7-6+/t14-/m1/s1. The van der Waals surface area contributed by atoms with Gasteiger partial charge in [-0.25, -0.2) is 0 Å². The minimum atomic E-state index is -0.345. The molecule has 0 radical (unpaired) electrons. The van der Waals surface area contributed by atoms with Crippen LogP contribution in [0.25, 0.3) is 6.08 Å². The van der Waals surface area contributed by atoms with Crippen LogP contribution < -0.4 is 0 Å². The zero-order chi connectivity index (χ0) is 13.7. The molecule has 1 aliphatic carbocycles. The molecule has 0 fully saturated rings. The fourth-order valence-corrected chi connectivity index (χ4v) is 2.24. The zero-order valence-corrected chi connectivity index (χ0v) is 10.5. The Morgan fingerprint density at radius 3 is 2.63 bits per heavy atom. The van der Waals surface area contributed by atoms with Crippen molar-refractivity contribution in [2.45, 2.75) is 12.8 Å². The Morgan fingerprint density at radius 1 is 1.21 bits per heavy atom. The predicted molar refractivity (Wildman–Crippen MR) is 73.2 cm³/mol. The van der Waals surface area contributed by atoms with E-state index in [-0.39, 0.29) is 29.6 Å². The van der Waals surface area contributed by atoms with Crippen LogP contribution in [0.5, 0.6) is 0 Å². The summed E-state index contributed by atoms with van der Waals surface area (Å²) in [5.41, 5.74) is 1.92. The van der Waals surface area contributed by atoms with E-state index < -0.39 is 0 Å². The van der Waals surface area contributed by atoms with Crippen LogP contribution in [-0.2, 0) is 4.79 Å². The molecule has 2 rings (SSSR count). The Labute approximate surface area is 111 Å². The first-order valence-corrected chi connectivity index (χ1v) is 6.22. The second-order valence-electron chi connectivity index (χ2n) is 4.72. The quantitative estimate of drug-likeness (QED) is 0.615. The highest BCUT2D eigenvalue weighted by molar-refractivity contribution is 5.92. The van der Waals surface area contributed by atoms with Crippen molar-refractivity contribution in [3.63, 3.8) is 0 Å². The molecule has 4 heteroatoms. The Kier molecular flexibility index (Phi) is 4.23. The van der Waals surface area contributed by atoms with Crippen molar-refractivity contribution in [2.24, 2.45) is 5.92 Å². The summed E-state index contributed by atoms with van der Waals surface area (Å²) >= 11 is 0. The number of benzene rings is 1. The molecule has 1 aromatic carbocycles. The zero-order valence-electron chi connectivity index (χ0n) is 10.5. The van der Waals surface area contributed by atoms with Crippen molar-refractivity contribution in [3.05, 3.63) is 63.7 Å². The highest BCUT2D eigenvalue weighted by Gasteiger charge is 2.23. The second kappa shape index (κ2) is 6.09. The number of nitrogens with zero attached hydrogens (tertiary/aromatic N) is 1. The van der Waals surface area contributed by atoms with Crippen LogP contribution >= 0.6 is 0 Å². The van der Waals surface area contributed by atoms with Gasteiger partial charge in [0.25, 0.3) is 0 Å². The molecule has 19 heavy (non-hydrogen) atoms. The van der Waals surface area contributed by atoms with Gasteiger partial charge in [-0.1, -0.05) is 42.5 Å². The van der Waals surface area contributed by atoms with Crippen LogP contribution in [0.3, 0.4) is 0 Å². The minimum Gasteiger partial charge on any atom is -0.295 e. The molecule has 0 spiro atoms. The molecule has 4 nitrogen and oxygen atoms in total. The molecule has 0 N–H and O–H groups in total. The number of allylic oxidation sites excluding steroid dienone is 3. The van der Waals surface area contributed by atoms with Gasteiger partial charge in [-0.15, -0.1) is 0 Å². The molecule has 0 saturated carbocycles. The smallest absolute Gasteiger partial charge is 0.207 e. The summed E-state index contributed by atoms with van der Waals surface area (Å²) in [4.78, 5) is 21.7. The second-order valence-corrected chi connectivity index (χ2v) is 4.72. The van der Waals surface area contributed by atoms with E-state index in [0.717, 1.165) is 11.1 Å². The summed E-state index contributed by atoms with van der Waals surface area (Å²) in [7, 11) is 0. The fourth-order valence-electron chi connectivity index (χ4n) is 2.24. The first kappa shape index (κ1) is 13.2. The number of hydrogen-bond donors (Lipinski definition) is 0. The van der Waals surface area contributed by atoms with Gasteiger partial charge in [0, 0.05) is 17.3 Å². The van der Waals surface area contributed by atoms with E-state index in [9.17, 15) is 14.9 Å². The molecule has 0 unspecified atom stereocenters. The minimum absolute atomic E-state index is 0.0224. The van der Waals surface area contributed by atoms with Crippen molar-refractivity contribution in [1.29, 1.82) is 0 Å². The van der Waals surface area contributed by atoms with Crippen molar-refractivity contribution in [2.75, 3.05) is 6.54 Å². The summed E-state index contributed by atoms with van der Waals surface area (Å²) in [5.74, 6) is -0.200. The van der Waals surface area contributed by atoms with Crippen LogP contribution in [0.2, 0.25) is 0 Å². The average Bonchev–Trinajstić information content (AvgIpc) is 2.36.